The molecule has 0 aliphatic heterocycles. The molecule has 0 aliphatic rings. The van der Waals surface area contributed by atoms with E-state index < -0.39 is 0 Å². The summed E-state index contributed by atoms with van der Waals surface area (Å²) in [5.41, 5.74) is 2.13. The lowest BCUT2D eigenvalue weighted by molar-refractivity contribution is 1.14. The first-order valence-corrected chi connectivity index (χ1v) is 3.99. The van der Waals surface area contributed by atoms with Crippen LogP contribution in [0.15, 0.2) is 35.3 Å². The fourth-order valence-corrected chi connectivity index (χ4v) is 0.718. The van der Waals surface area contributed by atoms with Crippen LogP contribution in [0.1, 0.15) is 27.2 Å². The molecule has 0 aliphatic carbocycles. The average molecular weight is 146 g/mol. The maximum absolute atomic E-state index is 5.58. The van der Waals surface area contributed by atoms with Gasteiger partial charge in [0.05, 0.1) is 0 Å². The second-order valence-corrected chi connectivity index (χ2v) is 2.34. The van der Waals surface area contributed by atoms with Gasteiger partial charge in [0.25, 0.3) is 0 Å². The van der Waals surface area contributed by atoms with Crippen molar-refractivity contribution in [2.75, 3.05) is 0 Å². The molecule has 1 heteroatoms. The number of rotatable bonds is 3. The second kappa shape index (κ2) is 6.02. The lowest BCUT2D eigenvalue weighted by Crippen LogP contribution is -1.76. The van der Waals surface area contributed by atoms with E-state index in [0.29, 0.717) is 0 Å². The monoisotopic (exact) mass is 146 g/mol. The van der Waals surface area contributed by atoms with Crippen LogP contribution >= 0.6 is 0 Å². The number of hydrogen-bond donors (Lipinski definition) is 0. The highest BCUT2D eigenvalue weighted by Crippen LogP contribution is 2.03. The molecular weight excluding hydrogens is 131 g/mol. The molecule has 0 spiro atoms. The van der Waals surface area contributed by atoms with Crippen LogP contribution in [0.5, 0.6) is 0 Å². The van der Waals surface area contributed by atoms with E-state index in [2.05, 4.69) is 19.1 Å². The number of hydrogen-bond acceptors (Lipinski definition) is 0. The highest BCUT2D eigenvalue weighted by molar-refractivity contribution is 6.23. The van der Waals surface area contributed by atoms with Gasteiger partial charge in [-0.15, -0.1) is 5.47 Å². The van der Waals surface area contributed by atoms with Gasteiger partial charge in [0.1, 0.15) is 7.85 Å². The molecule has 0 bridgehead atoms. The van der Waals surface area contributed by atoms with Crippen molar-refractivity contribution in [3.05, 3.63) is 35.3 Å². The summed E-state index contributed by atoms with van der Waals surface area (Å²) < 4.78 is 0. The summed E-state index contributed by atoms with van der Waals surface area (Å²) in [6.45, 7) is 6.10. The van der Waals surface area contributed by atoms with Crippen molar-refractivity contribution in [2.45, 2.75) is 27.2 Å². The molecular formula is C10H15B. The zero-order chi connectivity index (χ0) is 8.69. The molecule has 0 atom stereocenters. The lowest BCUT2D eigenvalue weighted by Gasteiger charge is -1.94. The van der Waals surface area contributed by atoms with E-state index in [0.717, 1.165) is 11.9 Å². The Labute approximate surface area is 71.1 Å². The second-order valence-electron chi connectivity index (χ2n) is 2.34. The lowest BCUT2D eigenvalue weighted by atomic mass is 9.94. The molecule has 0 saturated heterocycles. The Bertz CT molecular complexity index is 185. The predicted molar refractivity (Wildman–Crippen MR) is 52.7 cm³/mol. The van der Waals surface area contributed by atoms with Crippen molar-refractivity contribution >= 4 is 7.85 Å². The van der Waals surface area contributed by atoms with E-state index >= 15 is 0 Å². The molecule has 0 heterocycles. The van der Waals surface area contributed by atoms with Gasteiger partial charge in [-0.1, -0.05) is 36.8 Å². The average Bonchev–Trinajstić information content (AvgIpc) is 2.06. The van der Waals surface area contributed by atoms with Gasteiger partial charge < -0.3 is 0 Å². The molecule has 0 fully saturated rings. The minimum atomic E-state index is 0.817. The van der Waals surface area contributed by atoms with Crippen molar-refractivity contribution in [3.8, 4) is 0 Å². The highest BCUT2D eigenvalue weighted by Gasteiger charge is 1.83. The Hall–Kier alpha value is -0.715. The molecule has 0 N–H and O–H groups in total. The van der Waals surface area contributed by atoms with Gasteiger partial charge >= 0.3 is 0 Å². The highest BCUT2D eigenvalue weighted by atomic mass is 13.9. The van der Waals surface area contributed by atoms with Gasteiger partial charge in [-0.25, -0.2) is 0 Å². The molecule has 0 aromatic carbocycles. The largest absolute Gasteiger partial charge is 0.113 e. The van der Waals surface area contributed by atoms with Crippen molar-refractivity contribution in [1.82, 2.24) is 0 Å². The van der Waals surface area contributed by atoms with Gasteiger partial charge in [-0.05, 0) is 20.3 Å². The first-order valence-electron chi connectivity index (χ1n) is 3.99. The molecule has 0 nitrogen and oxygen atoms in total. The van der Waals surface area contributed by atoms with E-state index in [-0.39, 0.29) is 0 Å². The summed E-state index contributed by atoms with van der Waals surface area (Å²) in [6, 6.07) is 0. The van der Waals surface area contributed by atoms with Crippen LogP contribution in [0, 0.1) is 0 Å². The Balaban J connectivity index is 4.12. The van der Waals surface area contributed by atoms with E-state index in [1.165, 1.54) is 5.57 Å². The Morgan fingerprint density at radius 3 is 2.18 bits per heavy atom. The van der Waals surface area contributed by atoms with Crippen LogP contribution in [0.3, 0.4) is 0 Å². The van der Waals surface area contributed by atoms with Crippen LogP contribution in [0.25, 0.3) is 0 Å². The van der Waals surface area contributed by atoms with Crippen molar-refractivity contribution in [1.29, 1.82) is 0 Å². The summed E-state index contributed by atoms with van der Waals surface area (Å²) in [7, 11) is 5.58. The summed E-state index contributed by atoms with van der Waals surface area (Å²) in [4.78, 5) is 0. The van der Waals surface area contributed by atoms with Crippen LogP contribution in [-0.4, -0.2) is 7.85 Å². The molecule has 0 unspecified atom stereocenters. The zero-order valence-corrected chi connectivity index (χ0v) is 7.59. The third kappa shape index (κ3) is 4.66. The summed E-state index contributed by atoms with van der Waals surface area (Å²) in [5.74, 6) is 0. The Kier molecular flexibility index (Phi) is 5.63. The van der Waals surface area contributed by atoms with E-state index in [4.69, 9.17) is 7.85 Å². The summed E-state index contributed by atoms with van der Waals surface area (Å²) >= 11 is 0. The molecule has 2 radical (unpaired) electrons. The molecule has 0 aromatic heterocycles. The van der Waals surface area contributed by atoms with Crippen LogP contribution < -0.4 is 0 Å². The van der Waals surface area contributed by atoms with E-state index in [1.54, 1.807) is 0 Å². The minimum absolute atomic E-state index is 0.817. The molecule has 58 valence electrons. The third-order valence-corrected chi connectivity index (χ3v) is 1.60. The first kappa shape index (κ1) is 10.3. The standard InChI is InChI=1S/C10H15B/c1-4-9(5-2)7-8-10(11)6-3/h4,6-8H,5H2,1-3H3/b8-7-,9-4-,10-6+. The maximum Gasteiger partial charge on any atom is 0.113 e. The molecule has 0 saturated carbocycles. The fourth-order valence-electron chi connectivity index (χ4n) is 0.718. The SMILES string of the molecule is [B]C(/C=C\C(=C/C)CC)=C/C. The van der Waals surface area contributed by atoms with Gasteiger partial charge in [-0.2, -0.15) is 0 Å². The minimum Gasteiger partial charge on any atom is -0.101 e. The van der Waals surface area contributed by atoms with Crippen molar-refractivity contribution in [3.63, 3.8) is 0 Å². The quantitative estimate of drug-likeness (QED) is 0.424. The number of allylic oxidation sites excluding steroid dienone is 6. The topological polar surface area (TPSA) is 0 Å². The van der Waals surface area contributed by atoms with Gasteiger partial charge in [0.15, 0.2) is 0 Å². The van der Waals surface area contributed by atoms with Gasteiger partial charge in [0.2, 0.25) is 0 Å². The first-order chi connectivity index (χ1) is 5.24. The maximum atomic E-state index is 5.58. The van der Waals surface area contributed by atoms with Crippen LogP contribution in [0.4, 0.5) is 0 Å². The van der Waals surface area contributed by atoms with Crippen molar-refractivity contribution in [2.24, 2.45) is 0 Å². The summed E-state index contributed by atoms with van der Waals surface area (Å²) in [6.07, 6.45) is 9.02. The van der Waals surface area contributed by atoms with Crippen molar-refractivity contribution < 1.29 is 0 Å². The fraction of sp³-hybridized carbons (Fsp3) is 0.400. The molecule has 0 aromatic rings. The third-order valence-electron chi connectivity index (χ3n) is 1.60. The Morgan fingerprint density at radius 2 is 1.82 bits per heavy atom. The van der Waals surface area contributed by atoms with Gasteiger partial charge in [-0.3, -0.25) is 0 Å². The normalized spacial score (nSPS) is 14.5. The summed E-state index contributed by atoms with van der Waals surface area (Å²) in [5, 5.41) is 0. The van der Waals surface area contributed by atoms with Crippen LogP contribution in [-0.2, 0) is 0 Å². The van der Waals surface area contributed by atoms with E-state index in [9.17, 15) is 0 Å². The Morgan fingerprint density at radius 1 is 1.18 bits per heavy atom. The van der Waals surface area contributed by atoms with Gasteiger partial charge in [0, 0.05) is 0 Å². The van der Waals surface area contributed by atoms with Crippen LogP contribution in [0.2, 0.25) is 0 Å². The van der Waals surface area contributed by atoms with E-state index in [1.807, 2.05) is 26.0 Å². The predicted octanol–water partition coefficient (Wildman–Crippen LogP) is 2.97. The zero-order valence-electron chi connectivity index (χ0n) is 7.59. The molecule has 0 amide bonds. The smallest absolute Gasteiger partial charge is 0.101 e. The molecule has 11 heavy (non-hydrogen) atoms. The molecule has 0 rings (SSSR count).